The van der Waals surface area contributed by atoms with Crippen LogP contribution >= 0.6 is 0 Å². The molecule has 3 rings (SSSR count). The number of halogens is 6. The summed E-state index contributed by atoms with van der Waals surface area (Å²) in [6, 6.07) is 1.00. The fraction of sp³-hybridized carbons (Fsp3) is 0.294. The van der Waals surface area contributed by atoms with Crippen LogP contribution in [0.5, 0.6) is 0 Å². The average Bonchev–Trinajstić information content (AvgIpc) is 3.16. The van der Waals surface area contributed by atoms with Gasteiger partial charge in [-0.3, -0.25) is 20.0 Å². The molecule has 1 aliphatic heterocycles. The van der Waals surface area contributed by atoms with Gasteiger partial charge in [0, 0.05) is 24.4 Å². The van der Waals surface area contributed by atoms with Gasteiger partial charge in [-0.25, -0.2) is 9.67 Å². The number of nitrogens with zero attached hydrogens (tertiary/aromatic N) is 4. The fourth-order valence-corrected chi connectivity index (χ4v) is 2.60. The SMILES string of the molecule is O=C(/C=C\n1cnc(-c2cc(C(F)(F)F)cc(C(F)(F)F)c2)n1)NN1CCNCC1=O. The van der Waals surface area contributed by atoms with Crippen LogP contribution in [0.15, 0.2) is 30.6 Å². The Bertz CT molecular complexity index is 981. The molecule has 2 heterocycles. The number of hydrogen-bond acceptors (Lipinski definition) is 5. The van der Waals surface area contributed by atoms with Crippen molar-refractivity contribution in [1.82, 2.24) is 30.5 Å². The molecule has 0 unspecified atom stereocenters. The van der Waals surface area contributed by atoms with E-state index in [9.17, 15) is 35.9 Å². The number of carbonyl (C=O) groups is 2. The lowest BCUT2D eigenvalue weighted by Gasteiger charge is -2.26. The first kappa shape index (κ1) is 22.3. The summed E-state index contributed by atoms with van der Waals surface area (Å²) in [6.07, 6.45) is -6.95. The summed E-state index contributed by atoms with van der Waals surface area (Å²) in [6.45, 7) is 0.801. The number of alkyl halides is 6. The van der Waals surface area contributed by atoms with E-state index in [0.717, 1.165) is 28.3 Å². The summed E-state index contributed by atoms with van der Waals surface area (Å²) < 4.78 is 78.8. The van der Waals surface area contributed by atoms with Gasteiger partial charge in [0.2, 0.25) is 0 Å². The zero-order valence-corrected chi connectivity index (χ0v) is 15.5. The Morgan fingerprint density at radius 2 is 1.74 bits per heavy atom. The van der Waals surface area contributed by atoms with Gasteiger partial charge in [0.15, 0.2) is 5.82 Å². The van der Waals surface area contributed by atoms with Crippen molar-refractivity contribution in [3.05, 3.63) is 41.7 Å². The van der Waals surface area contributed by atoms with Crippen molar-refractivity contribution >= 4 is 18.0 Å². The van der Waals surface area contributed by atoms with E-state index < -0.39 is 40.8 Å². The molecular weight excluding hydrogens is 434 g/mol. The monoisotopic (exact) mass is 448 g/mol. The Morgan fingerprint density at radius 3 is 2.32 bits per heavy atom. The quantitative estimate of drug-likeness (QED) is 0.551. The van der Waals surface area contributed by atoms with Crippen LogP contribution in [0.1, 0.15) is 11.1 Å². The van der Waals surface area contributed by atoms with Crippen LogP contribution in [0.4, 0.5) is 26.3 Å². The third kappa shape index (κ3) is 5.59. The van der Waals surface area contributed by atoms with E-state index in [4.69, 9.17) is 0 Å². The highest BCUT2D eigenvalue weighted by molar-refractivity contribution is 5.92. The zero-order valence-electron chi connectivity index (χ0n) is 15.5. The second-order valence-corrected chi connectivity index (χ2v) is 6.36. The van der Waals surface area contributed by atoms with Crippen molar-refractivity contribution in [1.29, 1.82) is 0 Å². The third-order valence-electron chi connectivity index (χ3n) is 4.07. The van der Waals surface area contributed by atoms with E-state index in [1.165, 1.54) is 0 Å². The molecule has 0 spiro atoms. The predicted octanol–water partition coefficient (Wildman–Crippen LogP) is 1.92. The molecule has 0 radical (unpaired) electrons. The Hall–Kier alpha value is -3.42. The van der Waals surface area contributed by atoms with Crippen molar-refractivity contribution in [3.63, 3.8) is 0 Å². The predicted molar refractivity (Wildman–Crippen MR) is 93.5 cm³/mol. The van der Waals surface area contributed by atoms with Gasteiger partial charge in [-0.2, -0.15) is 26.3 Å². The topological polar surface area (TPSA) is 92.2 Å². The zero-order chi connectivity index (χ0) is 22.8. The smallest absolute Gasteiger partial charge is 0.306 e. The fourth-order valence-electron chi connectivity index (χ4n) is 2.60. The number of hydrazine groups is 1. The van der Waals surface area contributed by atoms with Gasteiger partial charge >= 0.3 is 12.4 Å². The summed E-state index contributed by atoms with van der Waals surface area (Å²) in [5.74, 6) is -1.44. The molecule has 1 saturated heterocycles. The number of amides is 2. The average molecular weight is 448 g/mol. The second-order valence-electron chi connectivity index (χ2n) is 6.36. The van der Waals surface area contributed by atoms with Crippen LogP contribution in [0.25, 0.3) is 17.6 Å². The molecular formula is C17H14F6N6O2. The summed E-state index contributed by atoms with van der Waals surface area (Å²) in [4.78, 5) is 27.2. The van der Waals surface area contributed by atoms with Gasteiger partial charge in [0.05, 0.1) is 24.2 Å². The number of piperazine rings is 1. The van der Waals surface area contributed by atoms with Gasteiger partial charge in [-0.15, -0.1) is 5.10 Å². The highest BCUT2D eigenvalue weighted by Gasteiger charge is 2.37. The van der Waals surface area contributed by atoms with Crippen molar-refractivity contribution < 1.29 is 35.9 Å². The number of benzene rings is 1. The lowest BCUT2D eigenvalue weighted by molar-refractivity contribution is -0.143. The Kier molecular flexibility index (Phi) is 6.01. The standard InChI is InChI=1S/C17H14F6N6O2/c18-16(19,20)11-5-10(6-12(7-11)17(21,22)23)15-25-9-28(27-15)3-1-13(30)26-29-4-2-24-8-14(29)31/h1,3,5-7,9,24H,2,4,8H2,(H,26,30)/b3-1-. The van der Waals surface area contributed by atoms with E-state index in [2.05, 4.69) is 20.8 Å². The second kappa shape index (κ2) is 8.37. The van der Waals surface area contributed by atoms with Crippen molar-refractivity contribution in [3.8, 4) is 11.4 Å². The first-order valence-corrected chi connectivity index (χ1v) is 8.64. The molecule has 0 atom stereocenters. The summed E-state index contributed by atoms with van der Waals surface area (Å²) in [7, 11) is 0. The minimum absolute atomic E-state index is 0.00212. The summed E-state index contributed by atoms with van der Waals surface area (Å²) in [5.41, 5.74) is -1.16. The Morgan fingerprint density at radius 1 is 1.10 bits per heavy atom. The van der Waals surface area contributed by atoms with E-state index in [0.29, 0.717) is 18.7 Å². The van der Waals surface area contributed by atoms with Crippen molar-refractivity contribution in [2.75, 3.05) is 19.6 Å². The highest BCUT2D eigenvalue weighted by atomic mass is 19.4. The molecule has 31 heavy (non-hydrogen) atoms. The van der Waals surface area contributed by atoms with Crippen LogP contribution in [0.2, 0.25) is 0 Å². The molecule has 0 bridgehead atoms. The van der Waals surface area contributed by atoms with Gasteiger partial charge in [0.25, 0.3) is 11.8 Å². The molecule has 1 fully saturated rings. The maximum Gasteiger partial charge on any atom is 0.416 e. The van der Waals surface area contributed by atoms with Crippen molar-refractivity contribution in [2.24, 2.45) is 0 Å². The molecule has 166 valence electrons. The molecule has 8 nitrogen and oxygen atoms in total. The molecule has 1 aromatic carbocycles. The molecule has 0 saturated carbocycles. The van der Waals surface area contributed by atoms with Crippen LogP contribution in [-0.2, 0) is 21.9 Å². The van der Waals surface area contributed by atoms with E-state index in [-0.39, 0.29) is 25.1 Å². The summed E-state index contributed by atoms with van der Waals surface area (Å²) >= 11 is 0. The van der Waals surface area contributed by atoms with E-state index >= 15 is 0 Å². The largest absolute Gasteiger partial charge is 0.416 e. The maximum atomic E-state index is 13.0. The molecule has 0 aliphatic carbocycles. The molecule has 2 N–H and O–H groups in total. The molecule has 1 aliphatic rings. The van der Waals surface area contributed by atoms with E-state index in [1.54, 1.807) is 0 Å². The number of nitrogens with one attached hydrogen (secondary N) is 2. The van der Waals surface area contributed by atoms with Crippen molar-refractivity contribution in [2.45, 2.75) is 12.4 Å². The summed E-state index contributed by atoms with van der Waals surface area (Å²) in [5, 5.41) is 7.70. The van der Waals surface area contributed by atoms with Gasteiger partial charge in [0.1, 0.15) is 6.33 Å². The van der Waals surface area contributed by atoms with Crippen LogP contribution in [-0.4, -0.2) is 51.2 Å². The lowest BCUT2D eigenvalue weighted by Crippen LogP contribution is -2.55. The van der Waals surface area contributed by atoms with Crippen LogP contribution in [0, 0.1) is 0 Å². The number of rotatable bonds is 4. The Labute approximate surface area is 170 Å². The van der Waals surface area contributed by atoms with E-state index in [1.807, 2.05) is 0 Å². The van der Waals surface area contributed by atoms with Crippen LogP contribution < -0.4 is 10.7 Å². The minimum atomic E-state index is -5.00. The normalized spacial score (nSPS) is 15.5. The number of carbonyl (C=O) groups excluding carboxylic acids is 2. The molecule has 14 heteroatoms. The molecule has 2 amide bonds. The van der Waals surface area contributed by atoms with Crippen LogP contribution in [0.3, 0.4) is 0 Å². The number of hydrogen-bond donors (Lipinski definition) is 2. The third-order valence-corrected chi connectivity index (χ3v) is 4.07. The molecule has 2 aromatic rings. The highest BCUT2D eigenvalue weighted by Crippen LogP contribution is 2.37. The first-order valence-electron chi connectivity index (χ1n) is 8.64. The lowest BCUT2D eigenvalue weighted by atomic mass is 10.0. The minimum Gasteiger partial charge on any atom is -0.306 e. The number of aromatic nitrogens is 3. The van der Waals surface area contributed by atoms with Gasteiger partial charge < -0.3 is 5.32 Å². The van der Waals surface area contributed by atoms with Gasteiger partial charge in [-0.05, 0) is 18.2 Å². The molecule has 1 aromatic heterocycles. The Balaban J connectivity index is 1.79. The first-order chi connectivity index (χ1) is 14.4. The van der Waals surface area contributed by atoms with Gasteiger partial charge in [-0.1, -0.05) is 0 Å². The maximum absolute atomic E-state index is 13.0.